The van der Waals surface area contributed by atoms with Gasteiger partial charge >= 0.3 is 11.8 Å². The Morgan fingerprint density at radius 3 is 1.23 bits per heavy atom. The van der Waals surface area contributed by atoms with E-state index in [1.54, 1.807) is 21.0 Å². The lowest BCUT2D eigenvalue weighted by Gasteiger charge is -2.03. The number of fused-ring (bicyclic) bond motifs is 1. The second-order valence-electron chi connectivity index (χ2n) is 18.7. The van der Waals surface area contributed by atoms with Crippen molar-refractivity contribution in [2.45, 2.75) is 27.1 Å². The number of aromatic amines is 6. The number of H-pyrrole nitrogens is 6. The number of aliphatic hydroxyl groups excluding tert-OH is 2. The average Bonchev–Trinajstić information content (AvgIpc) is 1.64. The van der Waals surface area contributed by atoms with E-state index >= 15 is 0 Å². The number of aryl methyl sites for hydroxylation is 1. The molecule has 9 amide bonds. The van der Waals surface area contributed by atoms with E-state index in [1.807, 2.05) is 5.79 Å². The van der Waals surface area contributed by atoms with Crippen LogP contribution in [-0.4, -0.2) is 281 Å². The lowest BCUT2D eigenvalue weighted by atomic mass is 10.4. The second kappa shape index (κ2) is 62.4. The van der Waals surface area contributed by atoms with E-state index in [0.717, 1.165) is 27.3 Å². The fourth-order valence-electron chi connectivity index (χ4n) is 5.81. The topological polar surface area (TPSA) is 1030 Å². The number of aliphatic carboxylic acids is 1. The molecule has 636 valence electrons. The van der Waals surface area contributed by atoms with Crippen LogP contribution in [-0.2, 0) is 16.6 Å². The molecule has 2 radical (unpaired) electrons. The molecule has 0 fully saturated rings. The molecule has 0 unspecified atom stereocenters. The summed E-state index contributed by atoms with van der Waals surface area (Å²) in [5.41, 5.74) is 52.5. The Bertz CT molecular complexity index is 4770. The normalized spacial score (nSPS) is 9.58. The van der Waals surface area contributed by atoms with Gasteiger partial charge in [-0.2, -0.15) is 20.0 Å². The van der Waals surface area contributed by atoms with Crippen LogP contribution in [0.25, 0.3) is 10.6 Å². The number of carbonyl (C=O) groups excluding carboxylic acids is 9. The molecule has 9 aromatic heterocycles. The summed E-state index contributed by atoms with van der Waals surface area (Å²) >= 11 is 2.42. The molecule has 0 spiro atoms. The second-order valence-corrected chi connectivity index (χ2v) is 18.7. The van der Waals surface area contributed by atoms with Crippen molar-refractivity contribution in [1.29, 1.82) is 16.2 Å². The quantitative estimate of drug-likeness (QED) is 0.00816. The van der Waals surface area contributed by atoms with Crippen molar-refractivity contribution in [3.05, 3.63) is 112 Å². The maximum atomic E-state index is 11.4. The van der Waals surface area contributed by atoms with Gasteiger partial charge in [0.25, 0.3) is 60.3 Å². The minimum Gasteiger partial charge on any atom is -0.481 e. The van der Waals surface area contributed by atoms with Gasteiger partial charge in [-0.25, -0.2) is 79.7 Å². The van der Waals surface area contributed by atoms with Gasteiger partial charge in [-0.1, -0.05) is 44.0 Å². The van der Waals surface area contributed by atoms with E-state index in [0.29, 0.717) is 11.0 Å². The molecule has 66 nitrogen and oxygen atoms in total. The molecular weight excluding hydrogens is 1600 g/mol. The number of nitrogens with one attached hydrogen (secondary N) is 9. The zero-order chi connectivity index (χ0) is 90.5. The number of amides is 9. The highest BCUT2D eigenvalue weighted by Gasteiger charge is 2.20. The summed E-state index contributed by atoms with van der Waals surface area (Å²) in [6, 6.07) is 0. The third-order valence-corrected chi connectivity index (χ3v) is 10.2. The molecule has 0 aliphatic heterocycles. The first-order chi connectivity index (χ1) is 55.4. The van der Waals surface area contributed by atoms with Gasteiger partial charge in [0, 0.05) is 59.6 Å². The summed E-state index contributed by atoms with van der Waals surface area (Å²) in [6.07, 6.45) is 9.15. The van der Waals surface area contributed by atoms with Crippen LogP contribution in [0.1, 0.15) is 105 Å². The highest BCUT2D eigenvalue weighted by Crippen LogP contribution is 2.17. The van der Waals surface area contributed by atoms with Gasteiger partial charge in [-0.15, -0.1) is 26.2 Å². The van der Waals surface area contributed by atoms with Gasteiger partial charge in [0.15, 0.2) is 57.4 Å². The van der Waals surface area contributed by atoms with Crippen LogP contribution in [0.3, 0.4) is 0 Å². The third kappa shape index (κ3) is 42.5. The predicted octanol–water partition coefficient (Wildman–Crippen LogP) is -2.75. The van der Waals surface area contributed by atoms with Crippen LogP contribution < -0.4 is 73.6 Å². The van der Waals surface area contributed by atoms with E-state index in [2.05, 4.69) is 180 Å². The van der Waals surface area contributed by atoms with Gasteiger partial charge in [0.2, 0.25) is 29.3 Å². The SMILES string of the molecule is C.CC(=O)O.CCO.CN(C)N=Nc1nc[nH]c1C(N)=O.CN(C=O)N=Nc1nc[nH]c1C(N)=O.CN(CO)N=Nc1nc[nH]c1C(N)=O.CN=NNc1c(C(N)=O)ncn1C(=O)O.CN=NNc1nc[nH]c1C(N)=O.CN=NNc1nc[nH]c1C(N)=O.C[N+]#N.Cn1nnc2c(C(N)=O)ncn2c1=O.N#N.NC(=O)c1[nH]cnc1N.[CH3][Al]. The standard InChI is InChI=1S/C6H8N6O3.C6H6N6O2.C6H10N6O2.C6H8N6O2.C6H10N6O.2C5H8N6O.C4H6N4O.C2H4O2.C2H6O.CH3N2.CH4.CH3.Al.N2/c1-8-11-10-5-3(4(7)13)9-2-12(5)6(14)15;1-11-6(14)12-2-8-3(4(7)13)5(12)9-10-11;2*1-12(3-13)11-10-6-4(5(7)14)8-2-9-6;1-12(2)11-10-6-4(5(7)13)8-3-9-6;2*1-7-11-10-5-3(4(6)12)8-2-9-5;5-3-2(4(6)9)7-1-8-3;1-2(3)4;1-2-3;1-3-2;;;;1-2/h2H,1H3,(H2,7,13)(H,8,10)(H,14,15);2H,1H3,(H2,7,13);2,13H,3H2,1H3,(H2,7,14)(H,8,9);2-3H,1H3,(H2,7,14)(H,8,9);3H,1-2H3,(H2,7,13)(H,8,9);2*2H,1H3,(H2,6,12)(H,7,10)(H,8,9);1H,5H2,(H2,6,9)(H,7,8);1H3,(H,3,4);3H,2H2,1H3;1H3;1H4;1H3;;/q;;;;;;;;;;+1;;;;. The van der Waals surface area contributed by atoms with Crippen molar-refractivity contribution in [3.8, 4) is 0 Å². The maximum Gasteiger partial charge on any atom is 0.418 e. The number of carboxylic acid groups (broad SMARTS) is 2. The largest absolute Gasteiger partial charge is 0.481 e. The van der Waals surface area contributed by atoms with Gasteiger partial charge in [0.1, 0.15) is 57.7 Å². The van der Waals surface area contributed by atoms with Crippen LogP contribution in [0.2, 0.25) is 5.79 Å². The van der Waals surface area contributed by atoms with Gasteiger partial charge in [0.05, 0.1) is 59.1 Å². The van der Waals surface area contributed by atoms with E-state index in [9.17, 15) is 52.7 Å². The molecule has 0 saturated carbocycles. The number of nitrogens with two attached hydrogens (primary N) is 9. The van der Waals surface area contributed by atoms with E-state index < -0.39 is 65.0 Å². The summed E-state index contributed by atoms with van der Waals surface area (Å²) in [5, 5.41) is 104. The molecule has 118 heavy (non-hydrogen) atoms. The lowest BCUT2D eigenvalue weighted by molar-refractivity contribution is -0.134. The van der Waals surface area contributed by atoms with E-state index in [-0.39, 0.29) is 113 Å². The van der Waals surface area contributed by atoms with Crippen molar-refractivity contribution in [2.24, 2.45) is 115 Å². The fourth-order valence-corrected chi connectivity index (χ4v) is 5.81. The van der Waals surface area contributed by atoms with Crippen molar-refractivity contribution in [3.63, 3.8) is 0 Å². The van der Waals surface area contributed by atoms with Crippen molar-refractivity contribution < 1.29 is 73.2 Å². The number of anilines is 4. The van der Waals surface area contributed by atoms with Gasteiger partial charge in [-0.3, -0.25) is 58.0 Å². The van der Waals surface area contributed by atoms with Crippen LogP contribution >= 0.6 is 0 Å². The molecule has 31 N–H and O–H groups in total. The molecule has 0 aliphatic rings. The van der Waals surface area contributed by atoms with Crippen LogP contribution in [0.5, 0.6) is 0 Å². The molecule has 0 bridgehead atoms. The third-order valence-electron chi connectivity index (χ3n) is 10.2. The average molecular weight is 1680 g/mol. The molecule has 9 aromatic rings. The molecule has 67 heteroatoms. The van der Waals surface area contributed by atoms with Gasteiger partial charge < -0.3 is 102 Å². The van der Waals surface area contributed by atoms with Crippen LogP contribution in [0, 0.1) is 16.2 Å². The number of nitrogen functional groups attached to an aromatic ring is 1. The first kappa shape index (κ1) is 109. The molecule has 9 rings (SSSR count). The smallest absolute Gasteiger partial charge is 0.418 e. The number of rotatable bonds is 22. The predicted molar refractivity (Wildman–Crippen MR) is 404 cm³/mol. The number of imidazole rings is 8. The number of diazo groups is 1. The number of aliphatic hydroxyl groups is 2. The van der Waals surface area contributed by atoms with Gasteiger partial charge in [-0.05, 0) is 6.92 Å². The monoisotopic (exact) mass is 1680 g/mol. The summed E-state index contributed by atoms with van der Waals surface area (Å²) in [4.78, 5) is 174. The molecular formula is C51H84AlN50O16+. The zero-order valence-electron chi connectivity index (χ0n) is 63.4. The summed E-state index contributed by atoms with van der Waals surface area (Å²) in [7, 11) is 13.4. The summed E-state index contributed by atoms with van der Waals surface area (Å²) < 4.78 is 2.81. The van der Waals surface area contributed by atoms with Crippen molar-refractivity contribution in [2.75, 3.05) is 91.7 Å². The summed E-state index contributed by atoms with van der Waals surface area (Å²) in [5.74, 6) is -3.38. The Kier molecular flexibility index (Phi) is 57.7. The number of hydrogen-bond acceptors (Lipinski definition) is 40. The number of hydrogen-bond donors (Lipinski definition) is 22. The molecule has 0 aromatic carbocycles. The Balaban J connectivity index is -0.000000403. The highest BCUT2D eigenvalue weighted by molar-refractivity contribution is 6.05. The first-order valence-electron chi connectivity index (χ1n) is 30.2. The van der Waals surface area contributed by atoms with E-state index in [1.165, 1.54) is 104 Å². The number of carboxylic acids is 1. The van der Waals surface area contributed by atoms with Crippen molar-refractivity contribution >= 4 is 128 Å². The Morgan fingerprint density at radius 2 is 0.907 bits per heavy atom. The Morgan fingerprint density at radius 1 is 0.568 bits per heavy atom. The van der Waals surface area contributed by atoms with Crippen LogP contribution in [0.15, 0.2) is 117 Å². The van der Waals surface area contributed by atoms with Crippen LogP contribution in [0.4, 0.5) is 45.5 Å². The zero-order valence-corrected chi connectivity index (χ0v) is 64.5. The fraction of sp³-hybridized carbons (Fsp3) is 0.294. The Labute approximate surface area is 669 Å². The Hall–Kier alpha value is -17.4. The molecule has 0 saturated heterocycles. The highest BCUT2D eigenvalue weighted by atomic mass is 27.0. The number of nitrogens with zero attached hydrogens (tertiary/aromatic N) is 32. The number of primary amides is 8. The molecule has 9 heterocycles. The van der Waals surface area contributed by atoms with Crippen molar-refractivity contribution in [1.82, 2.24) is 109 Å². The van der Waals surface area contributed by atoms with E-state index in [4.69, 9.17) is 93.0 Å². The first-order valence-corrected chi connectivity index (χ1v) is 31.3. The maximum absolute atomic E-state index is 11.4. The molecule has 0 aliphatic carbocycles. The summed E-state index contributed by atoms with van der Waals surface area (Å²) in [6.45, 7) is 2.74. The minimum absolute atomic E-state index is 0. The lowest BCUT2D eigenvalue weighted by Crippen LogP contribution is -2.27. The minimum atomic E-state index is -1.32. The molecule has 0 atom stereocenters. The number of aromatic nitrogens is 19. The number of carbonyl (C=O) groups is 11.